The molecule has 0 spiro atoms. The molecular formula is C27H22ClF3N4OS. The number of anilines is 1. The molecule has 1 heterocycles. The molecule has 0 aliphatic heterocycles. The summed E-state index contributed by atoms with van der Waals surface area (Å²) in [5.74, 6) is -0.270. The van der Waals surface area contributed by atoms with Crippen molar-refractivity contribution in [2.45, 2.75) is 18.0 Å². The molecule has 190 valence electrons. The number of benzene rings is 3. The van der Waals surface area contributed by atoms with Gasteiger partial charge in [-0.15, -0.1) is 11.8 Å². The van der Waals surface area contributed by atoms with Gasteiger partial charge in [0.05, 0.1) is 11.4 Å². The number of nitrogens with two attached hydrogens (primary N) is 1. The molecule has 0 radical (unpaired) electrons. The number of carbonyl (C=O) groups is 1. The maximum atomic E-state index is 13.4. The van der Waals surface area contributed by atoms with E-state index in [1.54, 1.807) is 54.2 Å². The van der Waals surface area contributed by atoms with E-state index in [4.69, 9.17) is 17.3 Å². The number of ketones is 1. The monoisotopic (exact) mass is 542 g/mol. The van der Waals surface area contributed by atoms with Gasteiger partial charge in [-0.3, -0.25) is 4.79 Å². The molecule has 4 aromatic rings. The summed E-state index contributed by atoms with van der Waals surface area (Å²) >= 11 is 7.53. The normalized spacial score (nSPS) is 12.0. The van der Waals surface area contributed by atoms with Crippen molar-refractivity contribution in [3.8, 4) is 16.8 Å². The summed E-state index contributed by atoms with van der Waals surface area (Å²) < 4.78 is 41.4. The lowest BCUT2D eigenvalue weighted by molar-refractivity contribution is -0.141. The quantitative estimate of drug-likeness (QED) is 0.145. The Bertz CT molecular complexity index is 1480. The third-order valence-corrected chi connectivity index (χ3v) is 6.60. The zero-order chi connectivity index (χ0) is 26.7. The summed E-state index contributed by atoms with van der Waals surface area (Å²) in [6.45, 7) is 1.48. The van der Waals surface area contributed by atoms with Crippen LogP contribution in [0.5, 0.6) is 0 Å². The van der Waals surface area contributed by atoms with Crippen molar-refractivity contribution in [1.29, 1.82) is 0 Å². The lowest BCUT2D eigenvalue weighted by Gasteiger charge is -2.17. The van der Waals surface area contributed by atoms with Crippen LogP contribution in [0.3, 0.4) is 0 Å². The van der Waals surface area contributed by atoms with Crippen LogP contribution in [-0.2, 0) is 6.18 Å². The molecule has 1 aromatic heterocycles. The highest BCUT2D eigenvalue weighted by Crippen LogP contribution is 2.34. The van der Waals surface area contributed by atoms with Gasteiger partial charge >= 0.3 is 6.18 Å². The smallest absolute Gasteiger partial charge is 0.403 e. The Morgan fingerprint density at radius 2 is 1.78 bits per heavy atom. The first-order valence-electron chi connectivity index (χ1n) is 11.0. The van der Waals surface area contributed by atoms with Crippen molar-refractivity contribution in [1.82, 2.24) is 9.55 Å². The Morgan fingerprint density at radius 1 is 1.08 bits per heavy atom. The number of rotatable bonds is 7. The van der Waals surface area contributed by atoms with Crippen LogP contribution in [-0.4, -0.2) is 21.6 Å². The van der Waals surface area contributed by atoms with E-state index < -0.39 is 17.7 Å². The van der Waals surface area contributed by atoms with Crippen LogP contribution < -0.4 is 11.1 Å². The molecule has 0 unspecified atom stereocenters. The summed E-state index contributed by atoms with van der Waals surface area (Å²) in [5.41, 5.74) is 7.64. The fraction of sp³-hybridized carbons (Fsp3) is 0.111. The van der Waals surface area contributed by atoms with E-state index in [1.807, 2.05) is 30.5 Å². The Hall–Kier alpha value is -3.69. The van der Waals surface area contributed by atoms with Gasteiger partial charge in [0.25, 0.3) is 0 Å². The lowest BCUT2D eigenvalue weighted by Crippen LogP contribution is -2.15. The molecule has 0 atom stereocenters. The number of carbonyl (C=O) groups excluding carboxylic acids is 1. The Labute approximate surface area is 221 Å². The van der Waals surface area contributed by atoms with Gasteiger partial charge in [0.2, 0.25) is 5.78 Å². The fourth-order valence-corrected chi connectivity index (χ4v) is 4.34. The zero-order valence-electron chi connectivity index (χ0n) is 19.8. The second-order valence-electron chi connectivity index (χ2n) is 8.05. The average Bonchev–Trinajstić information content (AvgIpc) is 3.29. The molecule has 3 N–H and O–H groups in total. The number of hydrogen-bond donors (Lipinski definition) is 2. The maximum absolute atomic E-state index is 13.4. The van der Waals surface area contributed by atoms with Crippen LogP contribution in [0.1, 0.15) is 21.9 Å². The van der Waals surface area contributed by atoms with Gasteiger partial charge < -0.3 is 15.6 Å². The summed E-state index contributed by atoms with van der Waals surface area (Å²) in [7, 11) is 0. The molecule has 37 heavy (non-hydrogen) atoms. The van der Waals surface area contributed by atoms with Gasteiger partial charge in [-0.2, -0.15) is 13.2 Å². The maximum Gasteiger partial charge on any atom is 0.434 e. The van der Waals surface area contributed by atoms with Crippen LogP contribution in [0.2, 0.25) is 5.02 Å². The number of thioether (sulfide) groups is 1. The van der Waals surface area contributed by atoms with E-state index in [1.165, 1.54) is 11.5 Å². The van der Waals surface area contributed by atoms with Crippen LogP contribution >= 0.6 is 23.4 Å². The van der Waals surface area contributed by atoms with Crippen molar-refractivity contribution in [2.75, 3.05) is 11.6 Å². The largest absolute Gasteiger partial charge is 0.434 e. The number of nitrogens with one attached hydrogen (secondary N) is 1. The first kappa shape index (κ1) is 26.4. The molecule has 0 saturated carbocycles. The predicted molar refractivity (Wildman–Crippen MR) is 142 cm³/mol. The van der Waals surface area contributed by atoms with E-state index in [2.05, 4.69) is 10.3 Å². The van der Waals surface area contributed by atoms with Crippen molar-refractivity contribution in [3.05, 3.63) is 107 Å². The van der Waals surface area contributed by atoms with Gasteiger partial charge in [0.1, 0.15) is 11.5 Å². The molecule has 0 aliphatic rings. The molecule has 0 saturated heterocycles. The Balaban J connectivity index is 1.82. The first-order valence-corrected chi connectivity index (χ1v) is 12.6. The number of aromatic nitrogens is 2. The van der Waals surface area contributed by atoms with Crippen LogP contribution in [0, 0.1) is 6.92 Å². The minimum absolute atomic E-state index is 0.0485. The van der Waals surface area contributed by atoms with Gasteiger partial charge in [0, 0.05) is 27.9 Å². The van der Waals surface area contributed by atoms with Gasteiger partial charge in [0.15, 0.2) is 5.69 Å². The third-order valence-electron chi connectivity index (χ3n) is 5.62. The first-order chi connectivity index (χ1) is 17.6. The van der Waals surface area contributed by atoms with E-state index in [-0.39, 0.29) is 11.5 Å². The van der Waals surface area contributed by atoms with Gasteiger partial charge in [-0.1, -0.05) is 29.8 Å². The van der Waals surface area contributed by atoms with Gasteiger partial charge in [-0.25, -0.2) is 4.98 Å². The Kier molecular flexibility index (Phi) is 7.65. The van der Waals surface area contributed by atoms with Crippen LogP contribution in [0.4, 0.5) is 18.9 Å². The second kappa shape index (κ2) is 10.7. The number of aryl methyl sites for hydroxylation is 1. The lowest BCUT2D eigenvalue weighted by atomic mass is 10.0. The molecule has 10 heteroatoms. The zero-order valence-corrected chi connectivity index (χ0v) is 21.4. The summed E-state index contributed by atoms with van der Waals surface area (Å²) in [4.78, 5) is 17.9. The van der Waals surface area contributed by atoms with Crippen molar-refractivity contribution in [3.63, 3.8) is 0 Å². The number of alkyl halides is 3. The third kappa shape index (κ3) is 5.84. The molecule has 3 aromatic carbocycles. The van der Waals surface area contributed by atoms with Crippen LogP contribution in [0.25, 0.3) is 16.8 Å². The van der Waals surface area contributed by atoms with Crippen molar-refractivity contribution in [2.24, 2.45) is 5.73 Å². The highest BCUT2D eigenvalue weighted by atomic mass is 35.5. The minimum Gasteiger partial charge on any atom is -0.403 e. The average molecular weight is 543 g/mol. The summed E-state index contributed by atoms with van der Waals surface area (Å²) in [5, 5.41) is 3.51. The molecular weight excluding hydrogens is 521 g/mol. The number of Topliss-reactive ketones (excluding diaryl/α,β-unsaturated/α-hetero) is 1. The van der Waals surface area contributed by atoms with E-state index in [0.29, 0.717) is 22.0 Å². The van der Waals surface area contributed by atoms with Crippen molar-refractivity contribution < 1.29 is 18.0 Å². The molecule has 5 nitrogen and oxygen atoms in total. The molecule has 4 rings (SSSR count). The predicted octanol–water partition coefficient (Wildman–Crippen LogP) is 7.34. The number of nitrogens with zero attached hydrogens (tertiary/aromatic N) is 2. The number of hydrogen-bond acceptors (Lipinski definition) is 5. The summed E-state index contributed by atoms with van der Waals surface area (Å²) in [6.07, 6.45) is -0.578. The van der Waals surface area contributed by atoms with E-state index in [9.17, 15) is 18.0 Å². The van der Waals surface area contributed by atoms with Gasteiger partial charge in [-0.05, 0) is 72.8 Å². The molecule has 0 bridgehead atoms. The minimum atomic E-state index is -4.60. The van der Waals surface area contributed by atoms with Crippen LogP contribution in [0.15, 0.2) is 89.7 Å². The van der Waals surface area contributed by atoms with Crippen molar-refractivity contribution >= 4 is 34.8 Å². The Morgan fingerprint density at radius 3 is 2.41 bits per heavy atom. The summed E-state index contributed by atoms with van der Waals surface area (Å²) in [6, 6.07) is 19.4. The second-order valence-corrected chi connectivity index (χ2v) is 9.36. The number of allylic oxidation sites excluding steroid dienone is 1. The SMILES string of the molecule is CSc1cccc(-c2ccc(-n3cc(C(F)(F)F)nc3C)c(N/C(=C\N)C(=O)c3ccc(Cl)cc3)c2)c1. The highest BCUT2D eigenvalue weighted by Gasteiger charge is 2.34. The highest BCUT2D eigenvalue weighted by molar-refractivity contribution is 7.98. The van der Waals surface area contributed by atoms with E-state index in [0.717, 1.165) is 28.4 Å². The number of imidazole rings is 1. The number of halogens is 4. The molecule has 0 amide bonds. The molecule has 0 aliphatic carbocycles. The van der Waals surface area contributed by atoms with E-state index >= 15 is 0 Å². The standard InChI is InChI=1S/C27H22ClF3N4OS/c1-16-33-25(27(29,30)31)15-35(16)24-11-8-19(18-4-3-5-21(12-18)37-2)13-22(24)34-23(14-32)26(36)17-6-9-20(28)10-7-17/h3-15,34H,32H2,1-2H3/b23-14-. The topological polar surface area (TPSA) is 72.9 Å². The fourth-order valence-electron chi connectivity index (χ4n) is 3.76. The molecule has 0 fully saturated rings.